The van der Waals surface area contributed by atoms with Gasteiger partial charge in [0.2, 0.25) is 0 Å². The Bertz CT molecular complexity index is 627. The Kier molecular flexibility index (Phi) is 3.94. The van der Waals surface area contributed by atoms with Crippen molar-refractivity contribution >= 4 is 21.9 Å². The molecule has 1 heterocycles. The van der Waals surface area contributed by atoms with Crippen molar-refractivity contribution in [3.8, 4) is 5.69 Å². The summed E-state index contributed by atoms with van der Waals surface area (Å²) in [5, 5.41) is 16.4. The second kappa shape index (κ2) is 5.48. The topological polar surface area (TPSA) is 68.0 Å². The SMILES string of the molecule is CCCc1c(C(=O)O)nnn1-c1cc(Br)ccc1F. The van der Waals surface area contributed by atoms with E-state index in [9.17, 15) is 9.18 Å². The zero-order valence-corrected chi connectivity index (χ0v) is 11.7. The number of hydrogen-bond donors (Lipinski definition) is 1. The van der Waals surface area contributed by atoms with Crippen LogP contribution in [0, 0.1) is 5.82 Å². The average Bonchev–Trinajstić information content (AvgIpc) is 2.76. The minimum absolute atomic E-state index is 0.138. The summed E-state index contributed by atoms with van der Waals surface area (Å²) in [6.07, 6.45) is 1.17. The quantitative estimate of drug-likeness (QED) is 0.937. The van der Waals surface area contributed by atoms with Gasteiger partial charge in [0.1, 0.15) is 11.5 Å². The number of aromatic nitrogens is 3. The van der Waals surface area contributed by atoms with Gasteiger partial charge in [-0.15, -0.1) is 5.10 Å². The van der Waals surface area contributed by atoms with E-state index in [1.54, 1.807) is 6.07 Å². The Morgan fingerprint density at radius 1 is 1.53 bits per heavy atom. The summed E-state index contributed by atoms with van der Waals surface area (Å²) in [6.45, 7) is 1.90. The van der Waals surface area contributed by atoms with Gasteiger partial charge in [-0.2, -0.15) is 0 Å². The summed E-state index contributed by atoms with van der Waals surface area (Å²) < 4.78 is 15.8. The molecule has 0 unspecified atom stereocenters. The molecule has 1 aromatic carbocycles. The highest BCUT2D eigenvalue weighted by Crippen LogP contribution is 2.21. The monoisotopic (exact) mass is 327 g/mol. The lowest BCUT2D eigenvalue weighted by Crippen LogP contribution is -2.08. The fraction of sp³-hybridized carbons (Fsp3) is 0.250. The zero-order chi connectivity index (χ0) is 14.0. The summed E-state index contributed by atoms with van der Waals surface area (Å²) in [7, 11) is 0. The van der Waals surface area contributed by atoms with E-state index in [1.165, 1.54) is 16.8 Å². The summed E-state index contributed by atoms with van der Waals surface area (Å²) in [6, 6.07) is 4.39. The first-order valence-electron chi connectivity index (χ1n) is 5.68. The Hall–Kier alpha value is -1.76. The molecule has 0 fully saturated rings. The second-order valence-corrected chi connectivity index (χ2v) is 4.86. The molecule has 5 nitrogen and oxygen atoms in total. The standard InChI is InChI=1S/C12H11BrFN3O2/c1-2-3-9-11(12(18)19)15-16-17(9)10-6-7(13)4-5-8(10)14/h4-6H,2-3H2,1H3,(H,18,19). The van der Waals surface area contributed by atoms with E-state index in [0.29, 0.717) is 23.0 Å². The highest BCUT2D eigenvalue weighted by Gasteiger charge is 2.20. The van der Waals surface area contributed by atoms with E-state index in [-0.39, 0.29) is 11.4 Å². The van der Waals surface area contributed by atoms with Crippen LogP contribution in [0.4, 0.5) is 4.39 Å². The van der Waals surface area contributed by atoms with Crippen molar-refractivity contribution in [1.29, 1.82) is 0 Å². The summed E-state index contributed by atoms with van der Waals surface area (Å²) in [5.41, 5.74) is 0.436. The van der Waals surface area contributed by atoms with Crippen LogP contribution in [0.25, 0.3) is 5.69 Å². The number of hydrogen-bond acceptors (Lipinski definition) is 3. The summed E-state index contributed by atoms with van der Waals surface area (Å²) in [5.74, 6) is -1.65. The number of benzene rings is 1. The zero-order valence-electron chi connectivity index (χ0n) is 10.1. The van der Waals surface area contributed by atoms with Crippen LogP contribution in [0.5, 0.6) is 0 Å². The number of carbonyl (C=O) groups is 1. The number of carboxylic acid groups (broad SMARTS) is 1. The molecule has 2 rings (SSSR count). The minimum atomic E-state index is -1.16. The number of aromatic carboxylic acids is 1. The lowest BCUT2D eigenvalue weighted by atomic mass is 10.2. The van der Waals surface area contributed by atoms with Crippen molar-refractivity contribution in [3.63, 3.8) is 0 Å². The van der Waals surface area contributed by atoms with Crippen molar-refractivity contribution in [1.82, 2.24) is 15.0 Å². The summed E-state index contributed by atoms with van der Waals surface area (Å²) in [4.78, 5) is 11.1. The molecule has 0 bridgehead atoms. The van der Waals surface area contributed by atoms with Gasteiger partial charge in [0.25, 0.3) is 0 Å². The van der Waals surface area contributed by atoms with E-state index in [0.717, 1.165) is 0 Å². The van der Waals surface area contributed by atoms with Gasteiger partial charge in [0.05, 0.1) is 5.69 Å². The van der Waals surface area contributed by atoms with Gasteiger partial charge in [0, 0.05) is 4.47 Å². The molecule has 2 aromatic rings. The minimum Gasteiger partial charge on any atom is -0.476 e. The van der Waals surface area contributed by atoms with Crippen molar-refractivity contribution in [2.45, 2.75) is 19.8 Å². The molecule has 0 amide bonds. The molecule has 0 atom stereocenters. The summed E-state index contributed by atoms with van der Waals surface area (Å²) >= 11 is 3.25. The highest BCUT2D eigenvalue weighted by molar-refractivity contribution is 9.10. The molecular weight excluding hydrogens is 317 g/mol. The van der Waals surface area contributed by atoms with E-state index < -0.39 is 11.8 Å². The van der Waals surface area contributed by atoms with Crippen LogP contribution in [0.15, 0.2) is 22.7 Å². The number of rotatable bonds is 4. The Balaban J connectivity index is 2.61. The van der Waals surface area contributed by atoms with Crippen LogP contribution in [-0.4, -0.2) is 26.1 Å². The fourth-order valence-electron chi connectivity index (χ4n) is 1.77. The van der Waals surface area contributed by atoms with Crippen LogP contribution in [0.1, 0.15) is 29.5 Å². The largest absolute Gasteiger partial charge is 0.476 e. The molecule has 100 valence electrons. The number of nitrogens with zero attached hydrogens (tertiary/aromatic N) is 3. The maximum absolute atomic E-state index is 13.8. The molecule has 0 radical (unpaired) electrons. The molecule has 0 aliphatic heterocycles. The van der Waals surface area contributed by atoms with Gasteiger partial charge in [-0.3, -0.25) is 0 Å². The van der Waals surface area contributed by atoms with Crippen LogP contribution in [0.3, 0.4) is 0 Å². The lowest BCUT2D eigenvalue weighted by molar-refractivity contribution is 0.0689. The van der Waals surface area contributed by atoms with Gasteiger partial charge in [-0.1, -0.05) is 34.5 Å². The van der Waals surface area contributed by atoms with Crippen LogP contribution in [-0.2, 0) is 6.42 Å². The predicted octanol–water partition coefficient (Wildman–Crippen LogP) is 2.82. The number of carboxylic acids is 1. The maximum atomic E-state index is 13.8. The maximum Gasteiger partial charge on any atom is 0.358 e. The third-order valence-electron chi connectivity index (χ3n) is 2.59. The van der Waals surface area contributed by atoms with Crippen molar-refractivity contribution in [2.75, 3.05) is 0 Å². The first-order valence-corrected chi connectivity index (χ1v) is 6.47. The molecule has 0 spiro atoms. The molecule has 1 aromatic heterocycles. The average molecular weight is 328 g/mol. The number of halogens is 2. The van der Waals surface area contributed by atoms with E-state index in [2.05, 4.69) is 26.2 Å². The highest BCUT2D eigenvalue weighted by atomic mass is 79.9. The first kappa shape index (κ1) is 13.7. The molecule has 0 saturated carbocycles. The Morgan fingerprint density at radius 3 is 2.89 bits per heavy atom. The smallest absolute Gasteiger partial charge is 0.358 e. The van der Waals surface area contributed by atoms with Crippen LogP contribution in [0.2, 0.25) is 0 Å². The van der Waals surface area contributed by atoms with E-state index in [1.807, 2.05) is 6.92 Å². The lowest BCUT2D eigenvalue weighted by Gasteiger charge is -2.07. The van der Waals surface area contributed by atoms with Crippen molar-refractivity contribution in [3.05, 3.63) is 39.9 Å². The van der Waals surface area contributed by atoms with Crippen LogP contribution < -0.4 is 0 Å². The molecule has 7 heteroatoms. The molecule has 0 saturated heterocycles. The first-order chi connectivity index (χ1) is 9.04. The second-order valence-electron chi connectivity index (χ2n) is 3.95. The van der Waals surface area contributed by atoms with Crippen molar-refractivity contribution < 1.29 is 14.3 Å². The van der Waals surface area contributed by atoms with E-state index in [4.69, 9.17) is 5.11 Å². The molecule has 1 N–H and O–H groups in total. The van der Waals surface area contributed by atoms with Crippen LogP contribution >= 0.6 is 15.9 Å². The third-order valence-corrected chi connectivity index (χ3v) is 3.08. The predicted molar refractivity (Wildman–Crippen MR) is 70.0 cm³/mol. The van der Waals surface area contributed by atoms with Gasteiger partial charge < -0.3 is 5.11 Å². The molecule has 19 heavy (non-hydrogen) atoms. The van der Waals surface area contributed by atoms with E-state index >= 15 is 0 Å². The van der Waals surface area contributed by atoms with Gasteiger partial charge in [-0.05, 0) is 24.6 Å². The van der Waals surface area contributed by atoms with Gasteiger partial charge in [-0.25, -0.2) is 13.9 Å². The Morgan fingerprint density at radius 2 is 2.26 bits per heavy atom. The van der Waals surface area contributed by atoms with Crippen molar-refractivity contribution in [2.24, 2.45) is 0 Å². The Labute approximate surface area is 117 Å². The normalized spacial score (nSPS) is 10.7. The van der Waals surface area contributed by atoms with Gasteiger partial charge in [0.15, 0.2) is 5.69 Å². The molecular formula is C12H11BrFN3O2. The van der Waals surface area contributed by atoms with Gasteiger partial charge >= 0.3 is 5.97 Å². The third kappa shape index (κ3) is 2.65. The fourth-order valence-corrected chi connectivity index (χ4v) is 2.12. The molecule has 0 aliphatic rings. The molecule has 0 aliphatic carbocycles.